The van der Waals surface area contributed by atoms with Crippen molar-refractivity contribution >= 4 is 23.2 Å². The average Bonchev–Trinajstić information content (AvgIpc) is 2.77. The van der Waals surface area contributed by atoms with Crippen LogP contribution < -0.4 is 22.1 Å². The Morgan fingerprint density at radius 3 is 1.44 bits per heavy atom. The maximum absolute atomic E-state index is 12.0. The van der Waals surface area contributed by atoms with Gasteiger partial charge in [0, 0.05) is 25.0 Å². The quantitative estimate of drug-likeness (QED) is 0.205. The van der Waals surface area contributed by atoms with Gasteiger partial charge < -0.3 is 19.0 Å². The number of aryl methyl sites for hydroxylation is 2. The molecule has 0 atom stereocenters. The predicted octanol–water partition coefficient (Wildman–Crippen LogP) is 2.34. The molecule has 2 rings (SSSR count). The lowest BCUT2D eigenvalue weighted by atomic mass is 10.1. The van der Waals surface area contributed by atoms with Gasteiger partial charge in [-0.3, -0.25) is 9.59 Å². The second-order valence-corrected chi connectivity index (χ2v) is 8.19. The SMILES string of the molecule is CC(=NNC(=O)CCCCCCC(=O)NN=C(C)c1c(O)cc(C)oc1=O)c1c(O)cc(C)oc1=O. The number of hydrogen-bond acceptors (Lipinski definition) is 10. The molecule has 0 aliphatic heterocycles. The molecule has 0 saturated carbocycles. The van der Waals surface area contributed by atoms with Crippen LogP contribution >= 0.6 is 0 Å². The predicted molar refractivity (Wildman–Crippen MR) is 131 cm³/mol. The first kappa shape index (κ1) is 28.0. The number of amides is 2. The zero-order chi connectivity index (χ0) is 26.8. The van der Waals surface area contributed by atoms with Crippen molar-refractivity contribution < 1.29 is 28.6 Å². The van der Waals surface area contributed by atoms with Crippen LogP contribution in [0.3, 0.4) is 0 Å². The molecule has 0 fully saturated rings. The molecule has 0 bridgehead atoms. The van der Waals surface area contributed by atoms with Gasteiger partial charge in [-0.2, -0.15) is 10.2 Å². The highest BCUT2D eigenvalue weighted by Crippen LogP contribution is 2.16. The minimum atomic E-state index is -0.744. The number of hydrogen-bond donors (Lipinski definition) is 4. The second-order valence-electron chi connectivity index (χ2n) is 8.19. The van der Waals surface area contributed by atoms with Crippen molar-refractivity contribution in [2.24, 2.45) is 10.2 Å². The zero-order valence-corrected chi connectivity index (χ0v) is 20.6. The van der Waals surface area contributed by atoms with Crippen LogP contribution in [0.2, 0.25) is 0 Å². The van der Waals surface area contributed by atoms with Crippen molar-refractivity contribution in [3.8, 4) is 11.5 Å². The number of nitrogens with one attached hydrogen (secondary N) is 2. The van der Waals surface area contributed by atoms with Crippen LogP contribution in [0.25, 0.3) is 0 Å². The third kappa shape index (κ3) is 8.22. The number of hydrazone groups is 2. The van der Waals surface area contributed by atoms with Crippen LogP contribution in [0.15, 0.2) is 40.8 Å². The summed E-state index contributed by atoms with van der Waals surface area (Å²) in [6.07, 6.45) is 2.94. The van der Waals surface area contributed by atoms with Crippen molar-refractivity contribution in [2.75, 3.05) is 0 Å². The fraction of sp³-hybridized carbons (Fsp3) is 0.417. The first-order valence-electron chi connectivity index (χ1n) is 11.3. The summed E-state index contributed by atoms with van der Waals surface area (Å²) in [6.45, 7) is 5.99. The van der Waals surface area contributed by atoms with E-state index in [1.165, 1.54) is 39.8 Å². The first-order chi connectivity index (χ1) is 17.0. The third-order valence-electron chi connectivity index (χ3n) is 5.09. The molecule has 0 saturated heterocycles. The lowest BCUT2D eigenvalue weighted by molar-refractivity contribution is -0.122. The van der Waals surface area contributed by atoms with E-state index < -0.39 is 11.3 Å². The summed E-state index contributed by atoms with van der Waals surface area (Å²) < 4.78 is 9.85. The van der Waals surface area contributed by atoms with Gasteiger partial charge in [0.15, 0.2) is 0 Å². The van der Waals surface area contributed by atoms with Crippen molar-refractivity contribution in [3.05, 3.63) is 55.6 Å². The summed E-state index contributed by atoms with van der Waals surface area (Å²) in [5.74, 6) is -0.732. The Balaban J connectivity index is 1.69. The molecule has 0 aromatic carbocycles. The summed E-state index contributed by atoms with van der Waals surface area (Å²) >= 11 is 0. The molecule has 2 amide bonds. The normalized spacial score (nSPS) is 11.9. The summed E-state index contributed by atoms with van der Waals surface area (Å²) in [6, 6.07) is 2.58. The van der Waals surface area contributed by atoms with E-state index in [1.807, 2.05) is 0 Å². The number of carbonyl (C=O) groups is 2. The fourth-order valence-electron chi connectivity index (χ4n) is 3.30. The molecule has 0 aliphatic carbocycles. The van der Waals surface area contributed by atoms with Crippen LogP contribution in [-0.4, -0.2) is 33.5 Å². The van der Waals surface area contributed by atoms with E-state index in [1.54, 1.807) is 0 Å². The minimum absolute atomic E-state index is 0.113. The molecule has 2 aromatic heterocycles. The molecule has 0 spiro atoms. The number of aromatic hydroxyl groups is 2. The Labute approximate surface area is 206 Å². The lowest BCUT2D eigenvalue weighted by Gasteiger charge is -2.05. The topological polar surface area (TPSA) is 184 Å². The van der Waals surface area contributed by atoms with Crippen molar-refractivity contribution in [1.82, 2.24) is 10.9 Å². The van der Waals surface area contributed by atoms with Gasteiger partial charge in [0.1, 0.15) is 34.1 Å². The van der Waals surface area contributed by atoms with E-state index in [4.69, 9.17) is 8.83 Å². The first-order valence-corrected chi connectivity index (χ1v) is 11.3. The Bertz CT molecular complexity index is 1190. The third-order valence-corrected chi connectivity index (χ3v) is 5.09. The van der Waals surface area contributed by atoms with E-state index in [9.17, 15) is 29.4 Å². The zero-order valence-electron chi connectivity index (χ0n) is 20.6. The minimum Gasteiger partial charge on any atom is -0.507 e. The van der Waals surface area contributed by atoms with Crippen LogP contribution in [0.5, 0.6) is 11.5 Å². The van der Waals surface area contributed by atoms with Gasteiger partial charge in [-0.05, 0) is 40.5 Å². The van der Waals surface area contributed by atoms with Crippen molar-refractivity contribution in [1.29, 1.82) is 0 Å². The molecule has 2 heterocycles. The molecule has 2 aromatic rings. The highest BCUT2D eigenvalue weighted by molar-refractivity contribution is 6.01. The number of unbranched alkanes of at least 4 members (excludes halogenated alkanes) is 3. The van der Waals surface area contributed by atoms with E-state index in [0.29, 0.717) is 25.7 Å². The fourth-order valence-corrected chi connectivity index (χ4v) is 3.30. The molecule has 0 radical (unpaired) electrons. The summed E-state index contributed by atoms with van der Waals surface area (Å²) in [4.78, 5) is 47.7. The molecule has 36 heavy (non-hydrogen) atoms. The van der Waals surface area contributed by atoms with Crippen LogP contribution in [0, 0.1) is 13.8 Å². The highest BCUT2D eigenvalue weighted by atomic mass is 16.4. The Morgan fingerprint density at radius 1 is 0.750 bits per heavy atom. The second kappa shape index (κ2) is 13.0. The Kier molecular flexibility index (Phi) is 10.1. The van der Waals surface area contributed by atoms with Crippen LogP contribution in [0.1, 0.15) is 75.0 Å². The van der Waals surface area contributed by atoms with Crippen molar-refractivity contribution in [2.45, 2.75) is 66.2 Å². The van der Waals surface area contributed by atoms with Gasteiger partial charge >= 0.3 is 11.3 Å². The standard InChI is InChI=1S/C24H30N4O8/c1-13-11-17(29)21(23(33)35-13)15(3)25-27-19(31)9-7-5-6-8-10-20(32)28-26-16(4)22-18(30)12-14(2)36-24(22)34/h11-12,29-30H,5-10H2,1-4H3,(H,27,31)(H,28,32). The molecule has 4 N–H and O–H groups in total. The van der Waals surface area contributed by atoms with Gasteiger partial charge in [0.05, 0.1) is 11.4 Å². The number of rotatable bonds is 11. The monoisotopic (exact) mass is 502 g/mol. The van der Waals surface area contributed by atoms with Gasteiger partial charge in [0.2, 0.25) is 11.8 Å². The highest BCUT2D eigenvalue weighted by Gasteiger charge is 2.14. The van der Waals surface area contributed by atoms with Crippen molar-refractivity contribution in [3.63, 3.8) is 0 Å². The van der Waals surface area contributed by atoms with Gasteiger partial charge in [-0.1, -0.05) is 12.8 Å². The van der Waals surface area contributed by atoms with E-state index >= 15 is 0 Å². The molecule has 12 nitrogen and oxygen atoms in total. The van der Waals surface area contributed by atoms with Gasteiger partial charge in [0.25, 0.3) is 0 Å². The summed E-state index contributed by atoms with van der Waals surface area (Å²) in [5, 5.41) is 27.5. The molecular weight excluding hydrogens is 472 g/mol. The van der Waals surface area contributed by atoms with Crippen LogP contribution in [-0.2, 0) is 9.59 Å². The number of nitrogens with zero attached hydrogens (tertiary/aromatic N) is 2. The average molecular weight is 503 g/mol. The summed E-state index contributed by atoms with van der Waals surface area (Å²) in [7, 11) is 0. The van der Waals surface area contributed by atoms with Gasteiger partial charge in [-0.25, -0.2) is 20.4 Å². The molecule has 12 heteroatoms. The summed E-state index contributed by atoms with van der Waals surface area (Å²) in [5.41, 5.74) is 3.22. The maximum atomic E-state index is 12.0. The van der Waals surface area contributed by atoms with Crippen LogP contribution in [0.4, 0.5) is 0 Å². The smallest absolute Gasteiger partial charge is 0.348 e. The molecular formula is C24H30N4O8. The molecule has 194 valence electrons. The Morgan fingerprint density at radius 2 is 1.11 bits per heavy atom. The van der Waals surface area contributed by atoms with E-state index in [2.05, 4.69) is 21.1 Å². The molecule has 0 aliphatic rings. The molecule has 0 unspecified atom stereocenters. The van der Waals surface area contributed by atoms with E-state index in [-0.39, 0.29) is 70.2 Å². The number of carbonyl (C=O) groups excluding carboxylic acids is 2. The largest absolute Gasteiger partial charge is 0.507 e. The van der Waals surface area contributed by atoms with E-state index in [0.717, 1.165) is 0 Å². The lowest BCUT2D eigenvalue weighted by Crippen LogP contribution is -2.21. The Hall–Kier alpha value is -4.22. The van der Waals surface area contributed by atoms with Gasteiger partial charge in [-0.15, -0.1) is 0 Å². The maximum Gasteiger partial charge on any atom is 0.348 e.